The summed E-state index contributed by atoms with van der Waals surface area (Å²) >= 11 is 0. The van der Waals surface area contributed by atoms with Gasteiger partial charge in [-0.15, -0.1) is 6.58 Å². The van der Waals surface area contributed by atoms with Gasteiger partial charge in [0.05, 0.1) is 12.8 Å². The maximum atomic E-state index is 11.4. The van der Waals surface area contributed by atoms with Gasteiger partial charge in [0.2, 0.25) is 0 Å². The van der Waals surface area contributed by atoms with Crippen LogP contribution in [0.25, 0.3) is 0 Å². The molecule has 5 heteroatoms. The van der Waals surface area contributed by atoms with Crippen LogP contribution in [0.15, 0.2) is 36.9 Å². The monoisotopic (exact) mass is 228 g/mol. The summed E-state index contributed by atoms with van der Waals surface area (Å²) in [5.41, 5.74) is 0.482. The smallest absolute Gasteiger partial charge is 0.380 e. The fraction of sp³-hybridized carbons (Fsp3) is 0.200. The van der Waals surface area contributed by atoms with E-state index in [1.54, 1.807) is 18.2 Å². The Balaban J connectivity index is 2.88. The molecule has 82 valence electrons. The van der Waals surface area contributed by atoms with Crippen LogP contribution >= 0.6 is 7.60 Å². The van der Waals surface area contributed by atoms with Crippen molar-refractivity contribution in [2.75, 3.05) is 6.16 Å². The molecular formula is C10H13O4P. The van der Waals surface area contributed by atoms with Crippen LogP contribution in [-0.2, 0) is 11.2 Å². The molecule has 0 fully saturated rings. The molecule has 0 saturated carbocycles. The Morgan fingerprint density at radius 1 is 1.47 bits per heavy atom. The van der Waals surface area contributed by atoms with E-state index in [2.05, 4.69) is 6.58 Å². The fourth-order valence-corrected chi connectivity index (χ4v) is 1.96. The van der Waals surface area contributed by atoms with Crippen LogP contribution in [0, 0.1) is 0 Å². The molecule has 2 N–H and O–H groups in total. The zero-order chi connectivity index (χ0) is 11.3. The van der Waals surface area contributed by atoms with Crippen LogP contribution < -0.4 is 4.52 Å². The summed E-state index contributed by atoms with van der Waals surface area (Å²) < 4.78 is 16.4. The van der Waals surface area contributed by atoms with Crippen LogP contribution in [0.4, 0.5) is 0 Å². The number of rotatable bonds is 5. The first-order valence-electron chi connectivity index (χ1n) is 4.40. The van der Waals surface area contributed by atoms with Gasteiger partial charge >= 0.3 is 7.60 Å². The molecule has 1 aromatic carbocycles. The molecule has 1 atom stereocenters. The summed E-state index contributed by atoms with van der Waals surface area (Å²) in [6.07, 6.45) is 1.20. The average Bonchev–Trinajstić information content (AvgIpc) is 2.17. The third kappa shape index (κ3) is 3.51. The van der Waals surface area contributed by atoms with E-state index in [4.69, 9.17) is 9.63 Å². The van der Waals surface area contributed by atoms with E-state index < -0.39 is 7.60 Å². The van der Waals surface area contributed by atoms with Gasteiger partial charge in [0, 0.05) is 5.56 Å². The minimum atomic E-state index is -3.68. The Bertz CT molecular complexity index is 389. The van der Waals surface area contributed by atoms with E-state index in [9.17, 15) is 9.46 Å². The molecular weight excluding hydrogens is 215 g/mol. The minimum absolute atomic E-state index is 0.118. The molecule has 0 radical (unpaired) electrons. The van der Waals surface area contributed by atoms with Crippen molar-refractivity contribution in [2.24, 2.45) is 0 Å². The predicted octanol–water partition coefficient (Wildman–Crippen LogP) is 1.93. The summed E-state index contributed by atoms with van der Waals surface area (Å²) in [6, 6.07) is 6.55. The highest BCUT2D eigenvalue weighted by molar-refractivity contribution is 7.53. The van der Waals surface area contributed by atoms with Crippen molar-refractivity contribution >= 4 is 7.60 Å². The predicted molar refractivity (Wildman–Crippen MR) is 57.9 cm³/mol. The first-order chi connectivity index (χ1) is 7.09. The highest BCUT2D eigenvalue weighted by Gasteiger charge is 2.19. The maximum Gasteiger partial charge on any atom is 0.380 e. The molecule has 1 aromatic rings. The van der Waals surface area contributed by atoms with Gasteiger partial charge in [-0.05, 0) is 6.07 Å². The molecule has 0 bridgehead atoms. The van der Waals surface area contributed by atoms with E-state index >= 15 is 0 Å². The Morgan fingerprint density at radius 2 is 2.13 bits per heavy atom. The second-order valence-electron chi connectivity index (χ2n) is 2.97. The SMILES string of the molecule is C=CCP(=O)(O)Oc1ccccc1CO. The molecule has 15 heavy (non-hydrogen) atoms. The van der Waals surface area contributed by atoms with Crippen LogP contribution in [0.1, 0.15) is 5.56 Å². The molecule has 0 aromatic heterocycles. The first-order valence-corrected chi connectivity index (χ1v) is 6.16. The summed E-state index contributed by atoms with van der Waals surface area (Å²) in [7, 11) is -3.68. The van der Waals surface area contributed by atoms with Gasteiger partial charge < -0.3 is 14.5 Å². The number of hydrogen-bond donors (Lipinski definition) is 2. The van der Waals surface area contributed by atoms with E-state index in [0.717, 1.165) is 0 Å². The van der Waals surface area contributed by atoms with Crippen LogP contribution in [-0.4, -0.2) is 16.2 Å². The molecule has 0 heterocycles. The Hall–Kier alpha value is -1.09. The molecule has 0 aliphatic heterocycles. The number of allylic oxidation sites excluding steroid dienone is 1. The molecule has 0 saturated heterocycles. The largest absolute Gasteiger partial charge is 0.424 e. The number of aliphatic hydroxyl groups is 1. The lowest BCUT2D eigenvalue weighted by atomic mass is 10.2. The van der Waals surface area contributed by atoms with Crippen LogP contribution in [0.5, 0.6) is 5.75 Å². The first kappa shape index (κ1) is 12.0. The van der Waals surface area contributed by atoms with Crippen molar-refractivity contribution in [2.45, 2.75) is 6.61 Å². The lowest BCUT2D eigenvalue weighted by Gasteiger charge is -2.13. The minimum Gasteiger partial charge on any atom is -0.424 e. The second-order valence-corrected chi connectivity index (χ2v) is 4.79. The van der Waals surface area contributed by atoms with E-state index in [1.165, 1.54) is 12.1 Å². The van der Waals surface area contributed by atoms with Crippen molar-refractivity contribution in [3.05, 3.63) is 42.5 Å². The van der Waals surface area contributed by atoms with Crippen LogP contribution in [0.3, 0.4) is 0 Å². The van der Waals surface area contributed by atoms with Gasteiger partial charge in [0.1, 0.15) is 5.75 Å². The summed E-state index contributed by atoms with van der Waals surface area (Å²) in [5, 5.41) is 8.97. The second kappa shape index (κ2) is 5.12. The lowest BCUT2D eigenvalue weighted by molar-refractivity contribution is 0.277. The quantitative estimate of drug-likeness (QED) is 0.597. The van der Waals surface area contributed by atoms with Crippen molar-refractivity contribution in [1.82, 2.24) is 0 Å². The van der Waals surface area contributed by atoms with Gasteiger partial charge in [0.15, 0.2) is 0 Å². The van der Waals surface area contributed by atoms with E-state index in [-0.39, 0.29) is 18.5 Å². The molecule has 0 aliphatic carbocycles. The average molecular weight is 228 g/mol. The van der Waals surface area contributed by atoms with Crippen LogP contribution in [0.2, 0.25) is 0 Å². The third-order valence-electron chi connectivity index (χ3n) is 1.74. The normalized spacial score (nSPS) is 14.3. The molecule has 0 spiro atoms. The van der Waals surface area contributed by atoms with Crippen molar-refractivity contribution < 1.29 is 19.1 Å². The molecule has 1 rings (SSSR count). The topological polar surface area (TPSA) is 66.8 Å². The molecule has 0 amide bonds. The van der Waals surface area contributed by atoms with E-state index in [0.29, 0.717) is 5.56 Å². The van der Waals surface area contributed by atoms with Crippen molar-refractivity contribution in [3.8, 4) is 5.75 Å². The molecule has 4 nitrogen and oxygen atoms in total. The van der Waals surface area contributed by atoms with Gasteiger partial charge in [-0.3, -0.25) is 0 Å². The zero-order valence-electron chi connectivity index (χ0n) is 8.17. The summed E-state index contributed by atoms with van der Waals surface area (Å²) in [5.74, 6) is 0.229. The lowest BCUT2D eigenvalue weighted by Crippen LogP contribution is -1.98. The number of aliphatic hydroxyl groups excluding tert-OH is 1. The molecule has 0 aliphatic rings. The summed E-state index contributed by atoms with van der Waals surface area (Å²) in [4.78, 5) is 9.37. The van der Waals surface area contributed by atoms with E-state index in [1.807, 2.05) is 0 Å². The number of hydrogen-bond acceptors (Lipinski definition) is 3. The number of para-hydroxylation sites is 1. The Morgan fingerprint density at radius 3 is 2.73 bits per heavy atom. The van der Waals surface area contributed by atoms with Gasteiger partial charge in [-0.2, -0.15) is 0 Å². The maximum absolute atomic E-state index is 11.4. The third-order valence-corrected chi connectivity index (χ3v) is 2.95. The Kier molecular flexibility index (Phi) is 4.09. The van der Waals surface area contributed by atoms with Crippen molar-refractivity contribution in [1.29, 1.82) is 0 Å². The fourth-order valence-electron chi connectivity index (χ4n) is 1.08. The van der Waals surface area contributed by atoms with Crippen molar-refractivity contribution in [3.63, 3.8) is 0 Å². The zero-order valence-corrected chi connectivity index (χ0v) is 9.06. The van der Waals surface area contributed by atoms with Gasteiger partial charge in [-0.25, -0.2) is 4.57 Å². The highest BCUT2D eigenvalue weighted by atomic mass is 31.2. The number of benzene rings is 1. The highest BCUT2D eigenvalue weighted by Crippen LogP contribution is 2.43. The van der Waals surface area contributed by atoms with Gasteiger partial charge in [0.25, 0.3) is 0 Å². The Labute approximate surface area is 88.4 Å². The van der Waals surface area contributed by atoms with Gasteiger partial charge in [-0.1, -0.05) is 24.3 Å². The summed E-state index contributed by atoms with van der Waals surface area (Å²) in [6.45, 7) is 3.14. The molecule has 1 unspecified atom stereocenters. The standard InChI is InChI=1S/C10H13O4P/c1-2-7-15(12,13)14-10-6-4-3-5-9(10)8-11/h2-6,11H,1,7-8H2,(H,12,13).